The molecule has 2 N–H and O–H groups in total. The van der Waals surface area contributed by atoms with Crippen molar-refractivity contribution in [3.63, 3.8) is 0 Å². The summed E-state index contributed by atoms with van der Waals surface area (Å²) in [5.74, 6) is -0.401. The lowest BCUT2D eigenvalue weighted by atomic mass is 10.3. The summed E-state index contributed by atoms with van der Waals surface area (Å²) in [6.07, 6.45) is 0. The number of thioether (sulfide) groups is 1. The molecule has 0 saturated heterocycles. The molecule has 0 aromatic carbocycles. The van der Waals surface area contributed by atoms with Crippen LogP contribution >= 0.6 is 11.8 Å². The van der Waals surface area contributed by atoms with E-state index in [1.807, 2.05) is 25.1 Å². The highest BCUT2D eigenvalue weighted by Crippen LogP contribution is 2.12. The first-order valence-electron chi connectivity index (χ1n) is 5.49. The lowest BCUT2D eigenvalue weighted by Crippen LogP contribution is -2.41. The third kappa shape index (κ3) is 5.18. The highest BCUT2D eigenvalue weighted by atomic mass is 32.2. The predicted octanol–water partition coefficient (Wildman–Crippen LogP) is 1.21. The van der Waals surface area contributed by atoms with E-state index < -0.39 is 12.0 Å². The Morgan fingerprint density at radius 1 is 1.50 bits per heavy atom. The monoisotopic (exact) mass is 268 g/mol. The summed E-state index contributed by atoms with van der Waals surface area (Å²) in [5.41, 5.74) is 1.84. The maximum absolute atomic E-state index is 10.9. The van der Waals surface area contributed by atoms with Crippen molar-refractivity contribution in [2.45, 2.75) is 25.6 Å². The van der Waals surface area contributed by atoms with Crippen LogP contribution in [0, 0.1) is 6.92 Å². The molecule has 0 radical (unpaired) electrons. The Morgan fingerprint density at radius 2 is 2.22 bits per heavy atom. The number of carbonyl (C=O) groups is 2. The zero-order valence-corrected chi connectivity index (χ0v) is 11.2. The van der Waals surface area contributed by atoms with Gasteiger partial charge in [-0.1, -0.05) is 6.07 Å². The van der Waals surface area contributed by atoms with Gasteiger partial charge in [0.2, 0.25) is 5.91 Å². The van der Waals surface area contributed by atoms with Gasteiger partial charge in [-0.05, 0) is 19.1 Å². The van der Waals surface area contributed by atoms with E-state index in [4.69, 9.17) is 5.11 Å². The highest BCUT2D eigenvalue weighted by Gasteiger charge is 2.17. The molecule has 1 aromatic heterocycles. The van der Waals surface area contributed by atoms with Gasteiger partial charge in [-0.3, -0.25) is 9.78 Å². The van der Waals surface area contributed by atoms with E-state index in [1.165, 1.54) is 18.7 Å². The van der Waals surface area contributed by atoms with Crippen molar-refractivity contribution in [1.82, 2.24) is 10.3 Å². The summed E-state index contributed by atoms with van der Waals surface area (Å²) in [6.45, 7) is 3.22. The van der Waals surface area contributed by atoms with Crippen LogP contribution in [-0.4, -0.2) is 33.8 Å². The standard InChI is InChI=1S/C12H16N2O3S/c1-8-4-3-5-10(13-8)6-18-7-11(12(16)17)14-9(2)15/h3-5,11H,6-7H2,1-2H3,(H,14,15)(H,16,17)/t11-/m0/s1. The van der Waals surface area contributed by atoms with Crippen LogP contribution < -0.4 is 5.32 Å². The zero-order chi connectivity index (χ0) is 13.5. The third-order valence-electron chi connectivity index (χ3n) is 2.16. The van der Waals surface area contributed by atoms with Crippen LogP contribution in [0.2, 0.25) is 0 Å². The van der Waals surface area contributed by atoms with Gasteiger partial charge in [-0.25, -0.2) is 4.79 Å². The van der Waals surface area contributed by atoms with Crippen LogP contribution in [0.1, 0.15) is 18.3 Å². The number of amides is 1. The second kappa shape index (κ2) is 7.00. The summed E-state index contributed by atoms with van der Waals surface area (Å²) in [6, 6.07) is 4.87. The number of hydrogen-bond donors (Lipinski definition) is 2. The smallest absolute Gasteiger partial charge is 0.327 e. The minimum absolute atomic E-state index is 0.324. The first-order chi connectivity index (χ1) is 8.49. The molecule has 1 rings (SSSR count). The van der Waals surface area contributed by atoms with Crippen LogP contribution in [0.4, 0.5) is 0 Å². The van der Waals surface area contributed by atoms with Crippen molar-refractivity contribution in [3.8, 4) is 0 Å². The number of hydrogen-bond acceptors (Lipinski definition) is 4. The lowest BCUT2D eigenvalue weighted by Gasteiger charge is -2.12. The maximum atomic E-state index is 10.9. The summed E-state index contributed by atoms with van der Waals surface area (Å²) < 4.78 is 0. The molecular weight excluding hydrogens is 252 g/mol. The van der Waals surface area contributed by atoms with Gasteiger partial charge in [-0.15, -0.1) is 0 Å². The zero-order valence-electron chi connectivity index (χ0n) is 10.3. The van der Waals surface area contributed by atoms with E-state index in [0.717, 1.165) is 11.4 Å². The van der Waals surface area contributed by atoms with Gasteiger partial charge in [0.15, 0.2) is 0 Å². The molecular formula is C12H16N2O3S. The van der Waals surface area contributed by atoms with E-state index >= 15 is 0 Å². The van der Waals surface area contributed by atoms with Gasteiger partial charge in [0.25, 0.3) is 0 Å². The van der Waals surface area contributed by atoms with Crippen molar-refractivity contribution in [2.75, 3.05) is 5.75 Å². The normalized spacial score (nSPS) is 11.9. The fourth-order valence-electron chi connectivity index (χ4n) is 1.38. The Hall–Kier alpha value is -1.56. The first kappa shape index (κ1) is 14.5. The largest absolute Gasteiger partial charge is 0.480 e. The SMILES string of the molecule is CC(=O)N[C@@H](CSCc1cccc(C)n1)C(=O)O. The summed E-state index contributed by atoms with van der Waals surface area (Å²) >= 11 is 1.44. The average molecular weight is 268 g/mol. The summed E-state index contributed by atoms with van der Waals surface area (Å²) in [7, 11) is 0. The van der Waals surface area contributed by atoms with Crippen molar-refractivity contribution in [1.29, 1.82) is 0 Å². The molecule has 1 aromatic rings. The molecule has 6 heteroatoms. The molecule has 5 nitrogen and oxygen atoms in total. The van der Waals surface area contributed by atoms with Crippen LogP contribution in [-0.2, 0) is 15.3 Å². The molecule has 98 valence electrons. The number of nitrogens with zero attached hydrogens (tertiary/aromatic N) is 1. The molecule has 0 saturated carbocycles. The minimum Gasteiger partial charge on any atom is -0.480 e. The number of carboxylic acid groups (broad SMARTS) is 1. The van der Waals surface area contributed by atoms with Gasteiger partial charge in [-0.2, -0.15) is 11.8 Å². The molecule has 1 heterocycles. The molecule has 0 aliphatic carbocycles. The number of aryl methyl sites for hydroxylation is 1. The number of carbonyl (C=O) groups excluding carboxylic acids is 1. The molecule has 0 spiro atoms. The first-order valence-corrected chi connectivity index (χ1v) is 6.64. The number of aliphatic carboxylic acids is 1. The van der Waals surface area contributed by atoms with Crippen LogP contribution in [0.5, 0.6) is 0 Å². The third-order valence-corrected chi connectivity index (χ3v) is 3.22. The summed E-state index contributed by atoms with van der Waals surface area (Å²) in [4.78, 5) is 26.0. The molecule has 0 aliphatic rings. The Kier molecular flexibility index (Phi) is 5.64. The average Bonchev–Trinajstić information content (AvgIpc) is 2.27. The maximum Gasteiger partial charge on any atom is 0.327 e. The molecule has 1 amide bonds. The quantitative estimate of drug-likeness (QED) is 0.810. The number of carboxylic acids is 1. The van der Waals surface area contributed by atoms with E-state index in [0.29, 0.717) is 11.5 Å². The molecule has 0 aliphatic heterocycles. The summed E-state index contributed by atoms with van der Waals surface area (Å²) in [5, 5.41) is 11.3. The number of aromatic nitrogens is 1. The fourth-order valence-corrected chi connectivity index (χ4v) is 2.33. The number of rotatable bonds is 6. The van der Waals surface area contributed by atoms with Crippen molar-refractivity contribution in [2.24, 2.45) is 0 Å². The highest BCUT2D eigenvalue weighted by molar-refractivity contribution is 7.98. The number of pyridine rings is 1. The van der Waals surface area contributed by atoms with E-state index in [1.54, 1.807) is 0 Å². The second-order valence-electron chi connectivity index (χ2n) is 3.88. The molecule has 18 heavy (non-hydrogen) atoms. The van der Waals surface area contributed by atoms with Crippen molar-refractivity contribution < 1.29 is 14.7 Å². The van der Waals surface area contributed by atoms with Gasteiger partial charge in [0, 0.05) is 24.1 Å². The van der Waals surface area contributed by atoms with E-state index in [2.05, 4.69) is 10.3 Å². The van der Waals surface area contributed by atoms with E-state index in [-0.39, 0.29) is 5.91 Å². The Labute approximate surface area is 110 Å². The van der Waals surface area contributed by atoms with Crippen molar-refractivity contribution in [3.05, 3.63) is 29.6 Å². The minimum atomic E-state index is -1.02. The van der Waals surface area contributed by atoms with Crippen LogP contribution in [0.15, 0.2) is 18.2 Å². The number of nitrogens with one attached hydrogen (secondary N) is 1. The second-order valence-corrected chi connectivity index (χ2v) is 4.91. The molecule has 0 fully saturated rings. The van der Waals surface area contributed by atoms with Gasteiger partial charge in [0.1, 0.15) is 6.04 Å². The van der Waals surface area contributed by atoms with Crippen LogP contribution in [0.3, 0.4) is 0 Å². The topological polar surface area (TPSA) is 79.3 Å². The van der Waals surface area contributed by atoms with E-state index in [9.17, 15) is 9.59 Å². The molecule has 1 atom stereocenters. The molecule has 0 unspecified atom stereocenters. The van der Waals surface area contributed by atoms with Gasteiger partial charge in [0.05, 0.1) is 5.69 Å². The van der Waals surface area contributed by atoms with Crippen LogP contribution in [0.25, 0.3) is 0 Å². The van der Waals surface area contributed by atoms with Gasteiger partial charge >= 0.3 is 5.97 Å². The van der Waals surface area contributed by atoms with Gasteiger partial charge < -0.3 is 10.4 Å². The fraction of sp³-hybridized carbons (Fsp3) is 0.417. The predicted molar refractivity (Wildman–Crippen MR) is 70.4 cm³/mol. The Balaban J connectivity index is 2.43. The Bertz CT molecular complexity index is 437. The Morgan fingerprint density at radius 3 is 2.78 bits per heavy atom. The lowest BCUT2D eigenvalue weighted by molar-refractivity contribution is -0.140. The van der Waals surface area contributed by atoms with Crippen molar-refractivity contribution >= 4 is 23.6 Å². The molecule has 0 bridgehead atoms.